The lowest BCUT2D eigenvalue weighted by molar-refractivity contribution is 0.127. The van der Waals surface area contributed by atoms with Crippen molar-refractivity contribution in [3.05, 3.63) is 35.4 Å². The first-order valence-electron chi connectivity index (χ1n) is 8.43. The van der Waals surface area contributed by atoms with Crippen LogP contribution in [0.25, 0.3) is 0 Å². The lowest BCUT2D eigenvalue weighted by Gasteiger charge is -2.34. The van der Waals surface area contributed by atoms with Crippen molar-refractivity contribution in [1.82, 2.24) is 15.1 Å². The zero-order chi connectivity index (χ0) is 15.1. The fraction of sp³-hybridized carbons (Fsp3) is 0.667. The quantitative estimate of drug-likeness (QED) is 0.833. The van der Waals surface area contributed by atoms with Crippen LogP contribution in [0.4, 0.5) is 0 Å². The zero-order valence-electron chi connectivity index (χ0n) is 13.9. The average Bonchev–Trinajstić information content (AvgIpc) is 2.49. The van der Waals surface area contributed by atoms with Crippen molar-refractivity contribution in [3.63, 3.8) is 0 Å². The summed E-state index contributed by atoms with van der Waals surface area (Å²) in [6, 6.07) is 9.64. The molecule has 1 saturated heterocycles. The smallest absolute Gasteiger partial charge is 0.0234 e. The van der Waals surface area contributed by atoms with Gasteiger partial charge in [-0.05, 0) is 24.1 Å². The fourth-order valence-corrected chi connectivity index (χ4v) is 2.83. The maximum Gasteiger partial charge on any atom is 0.0234 e. The second kappa shape index (κ2) is 8.52. The molecule has 1 N–H and O–H groups in total. The van der Waals surface area contributed by atoms with Gasteiger partial charge in [-0.3, -0.25) is 4.90 Å². The van der Waals surface area contributed by atoms with Crippen LogP contribution in [0, 0.1) is 0 Å². The maximum absolute atomic E-state index is 3.46. The molecule has 0 amide bonds. The molecule has 0 aromatic heterocycles. The highest BCUT2D eigenvalue weighted by atomic mass is 15.3. The molecule has 2 rings (SSSR count). The number of piperazine rings is 1. The number of hydrogen-bond acceptors (Lipinski definition) is 3. The van der Waals surface area contributed by atoms with Gasteiger partial charge in [-0.25, -0.2) is 0 Å². The highest BCUT2D eigenvalue weighted by Crippen LogP contribution is 2.10. The second-order valence-electron chi connectivity index (χ2n) is 6.47. The monoisotopic (exact) mass is 291 g/mol. The van der Waals surface area contributed by atoms with Crippen LogP contribution in [0.3, 0.4) is 0 Å². The van der Waals surface area contributed by atoms with Gasteiger partial charge in [0, 0.05) is 46.7 Å². The molecular weight excluding hydrogens is 258 g/mol. The Morgan fingerprint density at radius 1 is 1.00 bits per heavy atom. The van der Waals surface area contributed by atoms with E-state index in [0.29, 0.717) is 6.04 Å². The Morgan fingerprint density at radius 2 is 1.57 bits per heavy atom. The van der Waals surface area contributed by atoms with E-state index in [-0.39, 0.29) is 1.43 Å². The van der Waals surface area contributed by atoms with Gasteiger partial charge in [-0.2, -0.15) is 0 Å². The summed E-state index contributed by atoms with van der Waals surface area (Å²) in [6.07, 6.45) is 1.27. The van der Waals surface area contributed by atoms with E-state index >= 15 is 0 Å². The fourth-order valence-electron chi connectivity index (χ4n) is 2.83. The van der Waals surface area contributed by atoms with E-state index in [4.69, 9.17) is 0 Å². The van der Waals surface area contributed by atoms with E-state index in [1.807, 2.05) is 0 Å². The predicted octanol–water partition coefficient (Wildman–Crippen LogP) is 2.96. The molecule has 0 unspecified atom stereocenters. The normalized spacial score (nSPS) is 17.5. The molecular formula is C18H33N3. The Labute approximate surface area is 131 Å². The molecule has 1 heterocycles. The molecule has 0 atom stereocenters. The van der Waals surface area contributed by atoms with Crippen molar-refractivity contribution in [2.45, 2.75) is 46.3 Å². The van der Waals surface area contributed by atoms with Gasteiger partial charge in [0.1, 0.15) is 0 Å². The van der Waals surface area contributed by atoms with Crippen LogP contribution in [0.1, 0.15) is 39.7 Å². The van der Waals surface area contributed by atoms with Gasteiger partial charge < -0.3 is 10.2 Å². The standard InChI is InChI=1S/C18H31N3.H2/c1-4-9-20-10-12-21(13-11-20)15-18-7-5-17(6-8-18)14-19-16(2)3;/h5-8,16,19H,4,9-15H2,1-3H3;1H. The van der Waals surface area contributed by atoms with E-state index in [1.54, 1.807) is 0 Å². The van der Waals surface area contributed by atoms with Crippen molar-refractivity contribution in [2.24, 2.45) is 0 Å². The molecule has 1 aliphatic rings. The summed E-state index contributed by atoms with van der Waals surface area (Å²) >= 11 is 0. The minimum Gasteiger partial charge on any atom is -0.310 e. The van der Waals surface area contributed by atoms with Gasteiger partial charge in [-0.15, -0.1) is 0 Å². The van der Waals surface area contributed by atoms with E-state index in [1.165, 1.54) is 50.3 Å². The number of benzene rings is 1. The molecule has 3 nitrogen and oxygen atoms in total. The Kier molecular flexibility index (Phi) is 6.68. The van der Waals surface area contributed by atoms with Gasteiger partial charge in [0.2, 0.25) is 0 Å². The van der Waals surface area contributed by atoms with Crippen LogP contribution >= 0.6 is 0 Å². The SMILES string of the molecule is CCCN1CCN(Cc2ccc(CNC(C)C)cc2)CC1.[HH]. The van der Waals surface area contributed by atoms with Gasteiger partial charge in [-0.1, -0.05) is 45.0 Å². The summed E-state index contributed by atoms with van der Waals surface area (Å²) in [5.41, 5.74) is 2.81. The largest absolute Gasteiger partial charge is 0.310 e. The molecule has 0 radical (unpaired) electrons. The van der Waals surface area contributed by atoms with Crippen molar-refractivity contribution < 1.29 is 1.43 Å². The third-order valence-electron chi connectivity index (χ3n) is 4.15. The maximum atomic E-state index is 3.46. The molecule has 0 spiro atoms. The van der Waals surface area contributed by atoms with Crippen LogP contribution < -0.4 is 5.32 Å². The molecule has 1 aliphatic heterocycles. The molecule has 1 fully saturated rings. The second-order valence-corrected chi connectivity index (χ2v) is 6.47. The van der Waals surface area contributed by atoms with Crippen LogP contribution in [0.15, 0.2) is 24.3 Å². The molecule has 0 aliphatic carbocycles. The average molecular weight is 291 g/mol. The number of rotatable bonds is 7. The van der Waals surface area contributed by atoms with Gasteiger partial charge >= 0.3 is 0 Å². The van der Waals surface area contributed by atoms with Gasteiger partial charge in [0.05, 0.1) is 0 Å². The van der Waals surface area contributed by atoms with E-state index in [0.717, 1.165) is 13.1 Å². The van der Waals surface area contributed by atoms with E-state index in [9.17, 15) is 0 Å². The van der Waals surface area contributed by atoms with Crippen LogP contribution in [0.2, 0.25) is 0 Å². The Hall–Kier alpha value is -0.900. The van der Waals surface area contributed by atoms with Crippen LogP contribution in [0.5, 0.6) is 0 Å². The number of nitrogens with one attached hydrogen (secondary N) is 1. The predicted molar refractivity (Wildman–Crippen MR) is 92.5 cm³/mol. The van der Waals surface area contributed by atoms with Crippen molar-refractivity contribution in [2.75, 3.05) is 32.7 Å². The highest BCUT2D eigenvalue weighted by Gasteiger charge is 2.15. The number of hydrogen-bond donors (Lipinski definition) is 1. The summed E-state index contributed by atoms with van der Waals surface area (Å²) < 4.78 is 0. The Morgan fingerprint density at radius 3 is 2.14 bits per heavy atom. The van der Waals surface area contributed by atoms with Crippen molar-refractivity contribution >= 4 is 0 Å². The summed E-state index contributed by atoms with van der Waals surface area (Å²) in [5, 5.41) is 3.46. The van der Waals surface area contributed by atoms with Crippen LogP contribution in [-0.4, -0.2) is 48.6 Å². The lowest BCUT2D eigenvalue weighted by Crippen LogP contribution is -2.45. The van der Waals surface area contributed by atoms with Gasteiger partial charge in [0.15, 0.2) is 0 Å². The van der Waals surface area contributed by atoms with E-state index in [2.05, 4.69) is 60.2 Å². The summed E-state index contributed by atoms with van der Waals surface area (Å²) in [6.45, 7) is 14.8. The molecule has 3 heteroatoms. The molecule has 0 saturated carbocycles. The summed E-state index contributed by atoms with van der Waals surface area (Å²) in [4.78, 5) is 5.16. The third kappa shape index (κ3) is 5.77. The van der Waals surface area contributed by atoms with Crippen molar-refractivity contribution in [1.29, 1.82) is 0 Å². The topological polar surface area (TPSA) is 18.5 Å². The highest BCUT2D eigenvalue weighted by molar-refractivity contribution is 5.22. The molecule has 1 aromatic carbocycles. The first-order chi connectivity index (χ1) is 10.2. The molecule has 21 heavy (non-hydrogen) atoms. The minimum absolute atomic E-state index is 0. The zero-order valence-corrected chi connectivity index (χ0v) is 13.9. The Balaban J connectivity index is 0.00000242. The summed E-state index contributed by atoms with van der Waals surface area (Å²) in [7, 11) is 0. The molecule has 0 bridgehead atoms. The molecule has 1 aromatic rings. The first kappa shape index (κ1) is 16.5. The van der Waals surface area contributed by atoms with Gasteiger partial charge in [0.25, 0.3) is 0 Å². The molecule has 120 valence electrons. The first-order valence-corrected chi connectivity index (χ1v) is 8.43. The third-order valence-corrected chi connectivity index (χ3v) is 4.15. The van der Waals surface area contributed by atoms with Crippen molar-refractivity contribution in [3.8, 4) is 0 Å². The summed E-state index contributed by atoms with van der Waals surface area (Å²) in [5.74, 6) is 0. The number of nitrogens with zero attached hydrogens (tertiary/aromatic N) is 2. The Bertz CT molecular complexity index is 397. The van der Waals surface area contributed by atoms with E-state index < -0.39 is 0 Å². The van der Waals surface area contributed by atoms with Crippen LogP contribution in [-0.2, 0) is 13.1 Å². The lowest BCUT2D eigenvalue weighted by atomic mass is 10.1. The minimum atomic E-state index is 0.